The Hall–Kier alpha value is -2.41. The minimum absolute atomic E-state index is 0.00617. The summed E-state index contributed by atoms with van der Waals surface area (Å²) in [5.74, 6) is -0.671. The van der Waals surface area contributed by atoms with E-state index in [9.17, 15) is 13.2 Å². The van der Waals surface area contributed by atoms with E-state index in [4.69, 9.17) is 16.3 Å². The minimum Gasteiger partial charge on any atom is -0.427 e. The average molecular weight is 404 g/mol. The fourth-order valence-electron chi connectivity index (χ4n) is 2.86. The minimum atomic E-state index is -3.95. The van der Waals surface area contributed by atoms with Gasteiger partial charge in [0, 0.05) is 5.02 Å². The highest BCUT2D eigenvalue weighted by molar-refractivity contribution is 7.89. The van der Waals surface area contributed by atoms with Gasteiger partial charge < -0.3 is 4.74 Å². The lowest BCUT2D eigenvalue weighted by molar-refractivity contribution is -0.134. The van der Waals surface area contributed by atoms with Crippen molar-refractivity contribution < 1.29 is 17.9 Å². The van der Waals surface area contributed by atoms with E-state index in [0.717, 1.165) is 5.56 Å². The smallest absolute Gasteiger partial charge is 0.340 e. The topological polar surface area (TPSA) is 63.7 Å². The Morgan fingerprint density at radius 2 is 1.67 bits per heavy atom. The Bertz CT molecular complexity index is 1010. The molecule has 1 aliphatic heterocycles. The maximum absolute atomic E-state index is 13.4. The average Bonchev–Trinajstić information content (AvgIpc) is 2.73. The van der Waals surface area contributed by atoms with Crippen molar-refractivity contribution in [2.24, 2.45) is 0 Å². The molecule has 1 atom stereocenters. The van der Waals surface area contributed by atoms with Crippen molar-refractivity contribution in [3.8, 4) is 0 Å². The zero-order valence-corrected chi connectivity index (χ0v) is 16.3. The van der Waals surface area contributed by atoms with Crippen LogP contribution in [0, 0.1) is 6.92 Å². The fraction of sp³-hybridized carbons (Fsp3) is 0.150. The van der Waals surface area contributed by atoms with Crippen molar-refractivity contribution in [1.29, 1.82) is 0 Å². The number of sulfonamides is 1. The Balaban J connectivity index is 2.16. The van der Waals surface area contributed by atoms with E-state index in [0.29, 0.717) is 10.6 Å². The third-order valence-electron chi connectivity index (χ3n) is 4.26. The molecule has 0 aliphatic carbocycles. The van der Waals surface area contributed by atoms with Crippen LogP contribution in [0.5, 0.6) is 0 Å². The van der Waals surface area contributed by atoms with E-state index < -0.39 is 22.0 Å². The summed E-state index contributed by atoms with van der Waals surface area (Å²) in [5.41, 5.74) is 1.50. The van der Waals surface area contributed by atoms with Crippen LogP contribution in [0.2, 0.25) is 5.02 Å². The van der Waals surface area contributed by atoms with Gasteiger partial charge in [-0.15, -0.1) is 0 Å². The van der Waals surface area contributed by atoms with Crippen molar-refractivity contribution in [1.82, 2.24) is 4.31 Å². The zero-order valence-electron chi connectivity index (χ0n) is 14.7. The number of benzene rings is 2. The fourth-order valence-corrected chi connectivity index (χ4v) is 4.58. The second-order valence-corrected chi connectivity index (χ2v) is 8.60. The second-order valence-electron chi connectivity index (χ2n) is 6.27. The quantitative estimate of drug-likeness (QED) is 0.573. The zero-order chi connectivity index (χ0) is 19.8. The van der Waals surface area contributed by atoms with E-state index in [2.05, 4.69) is 13.2 Å². The van der Waals surface area contributed by atoms with E-state index >= 15 is 0 Å². The number of aryl methyl sites for hydroxylation is 1. The summed E-state index contributed by atoms with van der Waals surface area (Å²) in [7, 11) is -3.95. The van der Waals surface area contributed by atoms with Crippen LogP contribution in [0.25, 0.3) is 0 Å². The molecule has 0 bridgehead atoms. The van der Waals surface area contributed by atoms with Gasteiger partial charge in [0.15, 0.2) is 0 Å². The van der Waals surface area contributed by atoms with E-state index in [1.54, 1.807) is 36.4 Å². The van der Waals surface area contributed by atoms with Crippen LogP contribution in [-0.4, -0.2) is 25.2 Å². The van der Waals surface area contributed by atoms with Crippen molar-refractivity contribution in [2.45, 2.75) is 17.9 Å². The normalized spacial score (nSPS) is 18.9. The van der Waals surface area contributed by atoms with Gasteiger partial charge in [0.1, 0.15) is 5.76 Å². The molecule has 0 spiro atoms. The van der Waals surface area contributed by atoms with Gasteiger partial charge in [-0.2, -0.15) is 4.31 Å². The summed E-state index contributed by atoms with van der Waals surface area (Å²) in [6, 6.07) is 12.2. The Morgan fingerprint density at radius 3 is 2.26 bits per heavy atom. The van der Waals surface area contributed by atoms with Gasteiger partial charge in [-0.3, -0.25) is 0 Å². The molecule has 0 amide bonds. The first-order chi connectivity index (χ1) is 12.7. The highest BCUT2D eigenvalue weighted by Crippen LogP contribution is 2.36. The maximum Gasteiger partial charge on any atom is 0.340 e. The molecule has 0 unspecified atom stereocenters. The molecular weight excluding hydrogens is 386 g/mol. The second kappa shape index (κ2) is 7.31. The molecule has 140 valence electrons. The number of hydrogen-bond acceptors (Lipinski definition) is 4. The van der Waals surface area contributed by atoms with Gasteiger partial charge in [-0.25, -0.2) is 13.2 Å². The number of hydrogen-bond donors (Lipinski definition) is 0. The standard InChI is InChI=1S/C20H18ClNO4S/c1-13-4-10-18(11-5-13)27(24,25)22-12-14(2)26-20(23)15(3)19(22)16-6-8-17(21)9-7-16/h4-11,19H,2-3,12H2,1H3/t19-/m1/s1. The number of halogens is 1. The predicted octanol–water partition coefficient (Wildman–Crippen LogP) is 4.01. The van der Waals surface area contributed by atoms with Crippen LogP contribution in [0.3, 0.4) is 0 Å². The molecule has 7 heteroatoms. The van der Waals surface area contributed by atoms with Gasteiger partial charge in [-0.05, 0) is 36.8 Å². The molecule has 2 aromatic rings. The summed E-state index contributed by atoms with van der Waals surface area (Å²) in [6.45, 7) is 9.15. The lowest BCUT2D eigenvalue weighted by Gasteiger charge is -2.29. The van der Waals surface area contributed by atoms with Crippen LogP contribution in [0.15, 0.2) is 77.9 Å². The highest BCUT2D eigenvalue weighted by Gasteiger charge is 2.40. The Morgan fingerprint density at radius 1 is 1.07 bits per heavy atom. The van der Waals surface area contributed by atoms with E-state index in [1.807, 2.05) is 6.92 Å². The van der Waals surface area contributed by atoms with Crippen LogP contribution in [0.4, 0.5) is 0 Å². The third kappa shape index (κ3) is 3.83. The molecule has 1 saturated heterocycles. The van der Waals surface area contributed by atoms with Gasteiger partial charge in [0.2, 0.25) is 10.0 Å². The first kappa shape index (κ1) is 19.4. The summed E-state index contributed by atoms with van der Waals surface area (Å²) in [6.07, 6.45) is 0. The van der Waals surface area contributed by atoms with Crippen LogP contribution < -0.4 is 0 Å². The number of carbonyl (C=O) groups is 1. The van der Waals surface area contributed by atoms with Crippen molar-refractivity contribution in [3.05, 3.63) is 89.2 Å². The lowest BCUT2D eigenvalue weighted by Crippen LogP contribution is -2.36. The van der Waals surface area contributed by atoms with Crippen LogP contribution in [-0.2, 0) is 19.6 Å². The number of carbonyl (C=O) groups excluding carboxylic acids is 1. The third-order valence-corrected chi connectivity index (χ3v) is 6.34. The molecule has 0 N–H and O–H groups in total. The van der Waals surface area contributed by atoms with Gasteiger partial charge in [0.05, 0.1) is 23.1 Å². The molecule has 0 saturated carbocycles. The number of esters is 1. The number of nitrogens with zero attached hydrogens (tertiary/aromatic N) is 1. The SMILES string of the molecule is C=C1CN(S(=O)(=O)c2ccc(C)cc2)[C@@H](c2ccc(Cl)cc2)C(=C)C(=O)O1. The van der Waals surface area contributed by atoms with Crippen molar-refractivity contribution >= 4 is 27.6 Å². The summed E-state index contributed by atoms with van der Waals surface area (Å²) < 4.78 is 33.0. The number of ether oxygens (including phenoxy) is 1. The Labute approximate surface area is 163 Å². The summed E-state index contributed by atoms with van der Waals surface area (Å²) >= 11 is 5.95. The van der Waals surface area contributed by atoms with E-state index in [-0.39, 0.29) is 22.8 Å². The van der Waals surface area contributed by atoms with Crippen LogP contribution >= 0.6 is 11.6 Å². The molecule has 5 nitrogen and oxygen atoms in total. The van der Waals surface area contributed by atoms with Crippen LogP contribution in [0.1, 0.15) is 17.2 Å². The molecule has 2 aromatic carbocycles. The van der Waals surface area contributed by atoms with E-state index in [1.165, 1.54) is 16.4 Å². The number of rotatable bonds is 3. The monoisotopic (exact) mass is 403 g/mol. The maximum atomic E-state index is 13.4. The molecule has 27 heavy (non-hydrogen) atoms. The molecule has 1 aliphatic rings. The first-order valence-electron chi connectivity index (χ1n) is 8.13. The largest absolute Gasteiger partial charge is 0.427 e. The lowest BCUT2D eigenvalue weighted by atomic mass is 10.00. The molecule has 0 radical (unpaired) electrons. The molecular formula is C20H18ClNO4S. The molecule has 1 heterocycles. The van der Waals surface area contributed by atoms with Gasteiger partial charge in [-0.1, -0.05) is 54.6 Å². The van der Waals surface area contributed by atoms with Gasteiger partial charge in [0.25, 0.3) is 0 Å². The Kier molecular flexibility index (Phi) is 5.24. The number of cyclic esters (lactones) is 1. The summed E-state index contributed by atoms with van der Waals surface area (Å²) in [4.78, 5) is 12.4. The predicted molar refractivity (Wildman–Crippen MR) is 104 cm³/mol. The van der Waals surface area contributed by atoms with Crippen molar-refractivity contribution in [2.75, 3.05) is 6.54 Å². The molecule has 1 fully saturated rings. The van der Waals surface area contributed by atoms with Gasteiger partial charge >= 0.3 is 5.97 Å². The summed E-state index contributed by atoms with van der Waals surface area (Å²) in [5, 5.41) is 0.498. The first-order valence-corrected chi connectivity index (χ1v) is 9.94. The molecule has 3 rings (SSSR count). The van der Waals surface area contributed by atoms with Crippen molar-refractivity contribution in [3.63, 3.8) is 0 Å². The molecule has 0 aromatic heterocycles. The highest BCUT2D eigenvalue weighted by atomic mass is 35.5.